The molecule has 1 aromatic heterocycles. The normalized spacial score (nSPS) is 17.1. The Balaban J connectivity index is 1.48. The van der Waals surface area contributed by atoms with Gasteiger partial charge in [-0.05, 0) is 80.0 Å². The molecule has 1 atom stereocenters. The minimum absolute atomic E-state index is 0.0150. The summed E-state index contributed by atoms with van der Waals surface area (Å²) in [6.45, 7) is 7.29. The lowest BCUT2D eigenvalue weighted by molar-refractivity contribution is -0.677. The van der Waals surface area contributed by atoms with Gasteiger partial charge in [0, 0.05) is 30.1 Å². The molecule has 0 fully saturated rings. The average Bonchev–Trinajstić information content (AvgIpc) is 3.55. The molecule has 1 amide bonds. The van der Waals surface area contributed by atoms with E-state index in [1.807, 2.05) is 58.9 Å². The SMILES string of the molecule is CCCCCNC(=O)C(CCCC)N1C(=CC2=CC(=Cc3oc4ccc(C)cc4[n+]3CCCS(=O)(=O)O)CCC2)Oc2ccc(Cl)cc21. The number of nitrogens with one attached hydrogen (secondary N) is 1. The molecule has 1 unspecified atom stereocenters. The monoisotopic (exact) mass is 696 g/mol. The Hall–Kier alpha value is -3.60. The van der Waals surface area contributed by atoms with E-state index < -0.39 is 16.2 Å². The van der Waals surface area contributed by atoms with Crippen LogP contribution in [0.3, 0.4) is 0 Å². The van der Waals surface area contributed by atoms with Crippen LogP contribution in [0.1, 0.15) is 89.5 Å². The molecule has 0 spiro atoms. The van der Waals surface area contributed by atoms with E-state index in [1.54, 1.807) is 6.07 Å². The standard InChI is InChI=1S/C37H46ClN3O6S/c1-4-6-8-18-39-37(42)30(13-7-5-2)41-32-25-29(38)15-17-34(32)47-36(41)24-28-12-9-11-27(22-28)23-35-40(19-10-20-48(43,44)45)31-21-26(3)14-16-33(31)46-35/h14-17,21-25,30H,4-13,18-20H2,1-3H3,(H-,39,42,43,44,45)/p+1. The number of hydrogen-bond acceptors (Lipinski definition) is 6. The lowest BCUT2D eigenvalue weighted by Crippen LogP contribution is -2.46. The quantitative estimate of drug-likeness (QED) is 0.0939. The van der Waals surface area contributed by atoms with E-state index in [0.29, 0.717) is 47.6 Å². The largest absolute Gasteiger partial charge is 0.439 e. The molecule has 3 aromatic rings. The second kappa shape index (κ2) is 16.2. The average molecular weight is 697 g/mol. The topological polar surface area (TPSA) is 113 Å². The number of benzene rings is 2. The highest BCUT2D eigenvalue weighted by Crippen LogP contribution is 2.43. The van der Waals surface area contributed by atoms with E-state index in [4.69, 9.17) is 20.8 Å². The Morgan fingerprint density at radius 2 is 1.90 bits per heavy atom. The number of halogens is 1. The third kappa shape index (κ3) is 9.09. The molecular weight excluding hydrogens is 650 g/mol. The number of ether oxygens (including phenoxy) is 1. The van der Waals surface area contributed by atoms with E-state index in [-0.39, 0.29) is 18.1 Å². The Kier molecular flexibility index (Phi) is 12.0. The first-order valence-corrected chi connectivity index (χ1v) is 19.1. The Labute approximate surface area is 289 Å². The zero-order valence-corrected chi connectivity index (χ0v) is 29.7. The summed E-state index contributed by atoms with van der Waals surface area (Å²) in [6, 6.07) is 11.0. The van der Waals surface area contributed by atoms with Gasteiger partial charge in [0.1, 0.15) is 6.04 Å². The van der Waals surface area contributed by atoms with Gasteiger partial charge < -0.3 is 14.5 Å². The van der Waals surface area contributed by atoms with Crippen molar-refractivity contribution in [1.82, 2.24) is 5.32 Å². The zero-order valence-electron chi connectivity index (χ0n) is 28.1. The van der Waals surface area contributed by atoms with Crippen molar-refractivity contribution in [2.75, 3.05) is 17.2 Å². The fourth-order valence-electron chi connectivity index (χ4n) is 6.32. The van der Waals surface area contributed by atoms with Crippen molar-refractivity contribution < 1.29 is 31.5 Å². The fourth-order valence-corrected chi connectivity index (χ4v) is 6.98. The van der Waals surface area contributed by atoms with E-state index in [1.165, 1.54) is 0 Å². The molecular formula is C37H47ClN3O6S+. The minimum atomic E-state index is -4.07. The first-order chi connectivity index (χ1) is 23.1. The van der Waals surface area contributed by atoms with Crippen molar-refractivity contribution in [1.29, 1.82) is 0 Å². The van der Waals surface area contributed by atoms with Crippen molar-refractivity contribution in [2.45, 2.75) is 97.6 Å². The number of hydrogen-bond donors (Lipinski definition) is 2. The number of allylic oxidation sites excluding steroid dienone is 4. The van der Waals surface area contributed by atoms with E-state index >= 15 is 0 Å². The van der Waals surface area contributed by atoms with E-state index in [9.17, 15) is 17.8 Å². The van der Waals surface area contributed by atoms with Gasteiger partial charge in [0.15, 0.2) is 12.3 Å². The van der Waals surface area contributed by atoms with Crippen LogP contribution in [-0.2, 0) is 21.5 Å². The summed E-state index contributed by atoms with van der Waals surface area (Å²) in [5, 5.41) is 3.75. The number of carbonyl (C=O) groups is 1. The molecule has 2 aliphatic rings. The van der Waals surface area contributed by atoms with Crippen LogP contribution in [0.4, 0.5) is 5.69 Å². The molecule has 9 nitrogen and oxygen atoms in total. The van der Waals surface area contributed by atoms with Crippen molar-refractivity contribution in [3.63, 3.8) is 0 Å². The van der Waals surface area contributed by atoms with Crippen LogP contribution in [0.5, 0.6) is 5.75 Å². The fraction of sp³-hybridized carbons (Fsp3) is 0.459. The minimum Gasteiger partial charge on any atom is -0.439 e. The van der Waals surface area contributed by atoms with Gasteiger partial charge in [-0.15, -0.1) is 0 Å². The van der Waals surface area contributed by atoms with Gasteiger partial charge in [0.05, 0.1) is 17.5 Å². The van der Waals surface area contributed by atoms with E-state index in [0.717, 1.165) is 79.3 Å². The molecule has 1 aliphatic heterocycles. The van der Waals surface area contributed by atoms with Crippen LogP contribution in [0.25, 0.3) is 17.2 Å². The molecule has 2 heterocycles. The molecule has 48 heavy (non-hydrogen) atoms. The van der Waals surface area contributed by atoms with Gasteiger partial charge in [-0.25, -0.2) is 0 Å². The van der Waals surface area contributed by atoms with Gasteiger partial charge in [0.25, 0.3) is 15.6 Å². The van der Waals surface area contributed by atoms with Crippen LogP contribution >= 0.6 is 11.6 Å². The number of aryl methyl sites for hydroxylation is 2. The number of nitrogens with zero attached hydrogens (tertiary/aromatic N) is 2. The zero-order chi connectivity index (χ0) is 34.3. The maximum absolute atomic E-state index is 13.7. The number of anilines is 1. The number of amides is 1. The molecule has 1 aliphatic carbocycles. The van der Waals surface area contributed by atoms with Gasteiger partial charge in [0.2, 0.25) is 17.4 Å². The molecule has 5 rings (SSSR count). The highest BCUT2D eigenvalue weighted by molar-refractivity contribution is 7.85. The number of fused-ring (bicyclic) bond motifs is 2. The smallest absolute Gasteiger partial charge is 0.374 e. The predicted octanol–water partition coefficient (Wildman–Crippen LogP) is 8.06. The summed E-state index contributed by atoms with van der Waals surface area (Å²) in [6.07, 6.45) is 14.7. The maximum atomic E-state index is 13.7. The number of carbonyl (C=O) groups excluding carboxylic acids is 1. The summed E-state index contributed by atoms with van der Waals surface area (Å²) in [5.74, 6) is 1.54. The van der Waals surface area contributed by atoms with Crippen LogP contribution in [-0.4, -0.2) is 37.2 Å². The molecule has 2 N–H and O–H groups in total. The summed E-state index contributed by atoms with van der Waals surface area (Å²) in [7, 11) is -4.07. The van der Waals surface area contributed by atoms with E-state index in [2.05, 4.69) is 25.2 Å². The molecule has 0 saturated carbocycles. The second-order valence-corrected chi connectivity index (χ2v) is 14.7. The number of rotatable bonds is 15. The Bertz CT molecular complexity index is 1830. The van der Waals surface area contributed by atoms with Crippen molar-refractivity contribution in [2.24, 2.45) is 0 Å². The van der Waals surface area contributed by atoms with Gasteiger partial charge in [-0.3, -0.25) is 14.2 Å². The maximum Gasteiger partial charge on any atom is 0.374 e. The first kappa shape index (κ1) is 35.7. The number of unbranched alkanes of at least 4 members (excludes halogenated alkanes) is 3. The van der Waals surface area contributed by atoms with Gasteiger partial charge in [-0.2, -0.15) is 13.0 Å². The summed E-state index contributed by atoms with van der Waals surface area (Å²) in [4.78, 5) is 15.7. The van der Waals surface area contributed by atoms with Gasteiger partial charge >= 0.3 is 5.89 Å². The summed E-state index contributed by atoms with van der Waals surface area (Å²) in [5.41, 5.74) is 5.56. The van der Waals surface area contributed by atoms with Gasteiger partial charge in [-0.1, -0.05) is 63.3 Å². The molecule has 258 valence electrons. The summed E-state index contributed by atoms with van der Waals surface area (Å²) >= 11 is 6.46. The third-order valence-electron chi connectivity index (χ3n) is 8.75. The first-order valence-electron chi connectivity index (χ1n) is 17.1. The van der Waals surface area contributed by atoms with Crippen LogP contribution in [0, 0.1) is 6.92 Å². The predicted molar refractivity (Wildman–Crippen MR) is 191 cm³/mol. The van der Waals surface area contributed by atoms with Crippen molar-refractivity contribution >= 4 is 50.5 Å². The van der Waals surface area contributed by atoms with Crippen molar-refractivity contribution in [3.8, 4) is 5.75 Å². The number of aromatic nitrogens is 1. The highest BCUT2D eigenvalue weighted by Gasteiger charge is 2.36. The van der Waals surface area contributed by atoms with Crippen LogP contribution < -0.4 is 19.5 Å². The molecule has 2 aromatic carbocycles. The molecule has 0 saturated heterocycles. The molecule has 0 bridgehead atoms. The second-order valence-electron chi connectivity index (χ2n) is 12.7. The Morgan fingerprint density at radius 3 is 2.67 bits per heavy atom. The lowest BCUT2D eigenvalue weighted by Gasteiger charge is -2.29. The molecule has 0 radical (unpaired) electrons. The van der Waals surface area contributed by atoms with Crippen molar-refractivity contribution in [3.05, 3.63) is 82.1 Å². The number of oxazole rings is 1. The Morgan fingerprint density at radius 1 is 1.08 bits per heavy atom. The molecule has 11 heteroatoms. The summed E-state index contributed by atoms with van der Waals surface area (Å²) < 4.78 is 46.8. The lowest BCUT2D eigenvalue weighted by atomic mass is 9.94. The van der Waals surface area contributed by atoms with Crippen LogP contribution in [0.2, 0.25) is 5.02 Å². The van der Waals surface area contributed by atoms with Crippen LogP contribution in [0.15, 0.2) is 70.0 Å². The third-order valence-corrected chi connectivity index (χ3v) is 9.79. The highest BCUT2D eigenvalue weighted by atomic mass is 35.5.